The lowest BCUT2D eigenvalue weighted by molar-refractivity contribution is 0.164. The van der Waals surface area contributed by atoms with Crippen LogP contribution in [0.4, 0.5) is 11.6 Å². The quantitative estimate of drug-likeness (QED) is 0.537. The van der Waals surface area contributed by atoms with Crippen molar-refractivity contribution < 1.29 is 4.74 Å². The molecule has 19 heavy (non-hydrogen) atoms. The Morgan fingerprint density at radius 1 is 1.32 bits per heavy atom. The van der Waals surface area contributed by atoms with Gasteiger partial charge in [-0.05, 0) is 18.6 Å². The normalized spacial score (nSPS) is 12.2. The van der Waals surface area contributed by atoms with Gasteiger partial charge in [-0.25, -0.2) is 9.97 Å². The molecular formula is C13H24N4OS. The minimum Gasteiger partial charge on any atom is -0.384 e. The Labute approximate surface area is 119 Å². The van der Waals surface area contributed by atoms with Crippen molar-refractivity contribution in [2.75, 3.05) is 43.7 Å². The molecule has 0 aliphatic heterocycles. The minimum atomic E-state index is 0.449. The van der Waals surface area contributed by atoms with Crippen molar-refractivity contribution in [1.82, 2.24) is 9.97 Å². The van der Waals surface area contributed by atoms with E-state index in [1.807, 2.05) is 12.3 Å². The van der Waals surface area contributed by atoms with E-state index in [0.717, 1.165) is 42.9 Å². The van der Waals surface area contributed by atoms with E-state index < -0.39 is 0 Å². The van der Waals surface area contributed by atoms with E-state index in [-0.39, 0.29) is 0 Å². The van der Waals surface area contributed by atoms with Gasteiger partial charge >= 0.3 is 0 Å². The van der Waals surface area contributed by atoms with Crippen LogP contribution in [0.15, 0.2) is 11.2 Å². The number of nitrogens with zero attached hydrogens (tertiary/aromatic N) is 2. The monoisotopic (exact) mass is 284 g/mol. The molecule has 108 valence electrons. The van der Waals surface area contributed by atoms with E-state index in [2.05, 4.69) is 34.4 Å². The molecule has 0 spiro atoms. The summed E-state index contributed by atoms with van der Waals surface area (Å²) in [7, 11) is 1.72. The number of hydrogen-bond donors (Lipinski definition) is 2. The van der Waals surface area contributed by atoms with Gasteiger partial charge in [-0.3, -0.25) is 0 Å². The highest BCUT2D eigenvalue weighted by atomic mass is 32.2. The molecule has 1 aromatic heterocycles. The smallest absolute Gasteiger partial charge is 0.191 e. The van der Waals surface area contributed by atoms with Gasteiger partial charge in [0.05, 0.1) is 6.61 Å². The van der Waals surface area contributed by atoms with Crippen LogP contribution in [0.2, 0.25) is 0 Å². The van der Waals surface area contributed by atoms with Crippen LogP contribution in [0.5, 0.6) is 0 Å². The molecule has 1 unspecified atom stereocenters. The summed E-state index contributed by atoms with van der Waals surface area (Å²) in [6.45, 7) is 6.78. The molecule has 5 nitrogen and oxygen atoms in total. The second-order valence-corrected chi connectivity index (χ2v) is 5.27. The number of anilines is 2. The van der Waals surface area contributed by atoms with E-state index in [9.17, 15) is 0 Å². The Hall–Kier alpha value is -1.01. The minimum absolute atomic E-state index is 0.449. The second-order valence-electron chi connectivity index (χ2n) is 4.49. The van der Waals surface area contributed by atoms with Crippen molar-refractivity contribution in [2.45, 2.75) is 25.4 Å². The summed E-state index contributed by atoms with van der Waals surface area (Å²) in [6.07, 6.45) is 3.06. The lowest BCUT2D eigenvalue weighted by atomic mass is 10.2. The van der Waals surface area contributed by atoms with Crippen LogP contribution in [0.25, 0.3) is 0 Å². The standard InChI is InChI=1S/C13H24N4OS/c1-5-6-14-11-7-12(17-13(16-11)19-4)15-8-10(2)9-18-3/h7,10H,5-6,8-9H2,1-4H3,(H2,14,15,16,17). The number of thioether (sulfide) groups is 1. The topological polar surface area (TPSA) is 59.1 Å². The fourth-order valence-corrected chi connectivity index (χ4v) is 1.95. The molecule has 1 atom stereocenters. The highest BCUT2D eigenvalue weighted by Gasteiger charge is 2.06. The van der Waals surface area contributed by atoms with Crippen LogP contribution in [0.1, 0.15) is 20.3 Å². The zero-order valence-corrected chi connectivity index (χ0v) is 13.0. The van der Waals surface area contributed by atoms with Crippen molar-refractivity contribution in [3.63, 3.8) is 0 Å². The molecule has 0 amide bonds. The fraction of sp³-hybridized carbons (Fsp3) is 0.692. The van der Waals surface area contributed by atoms with Gasteiger partial charge in [0.15, 0.2) is 5.16 Å². The summed E-state index contributed by atoms with van der Waals surface area (Å²) in [6, 6.07) is 1.95. The summed E-state index contributed by atoms with van der Waals surface area (Å²) in [5.74, 6) is 2.19. The molecule has 1 rings (SSSR count). The SMILES string of the molecule is CCCNc1cc(NCC(C)COC)nc(SC)n1. The van der Waals surface area contributed by atoms with Crippen LogP contribution in [0.3, 0.4) is 0 Å². The van der Waals surface area contributed by atoms with E-state index in [1.165, 1.54) is 0 Å². The van der Waals surface area contributed by atoms with Gasteiger partial charge in [0, 0.05) is 26.3 Å². The van der Waals surface area contributed by atoms with Crippen LogP contribution in [-0.4, -0.2) is 43.0 Å². The molecule has 6 heteroatoms. The fourth-order valence-electron chi connectivity index (χ4n) is 1.57. The van der Waals surface area contributed by atoms with Gasteiger partial charge in [-0.2, -0.15) is 0 Å². The van der Waals surface area contributed by atoms with Crippen molar-refractivity contribution in [1.29, 1.82) is 0 Å². The number of rotatable bonds is 9. The van der Waals surface area contributed by atoms with Crippen LogP contribution in [0, 0.1) is 5.92 Å². The maximum atomic E-state index is 5.12. The van der Waals surface area contributed by atoms with Gasteiger partial charge in [0.25, 0.3) is 0 Å². The van der Waals surface area contributed by atoms with Crippen LogP contribution >= 0.6 is 11.8 Å². The average molecular weight is 284 g/mol. The van der Waals surface area contributed by atoms with Crippen LogP contribution < -0.4 is 10.6 Å². The van der Waals surface area contributed by atoms with E-state index in [1.54, 1.807) is 18.9 Å². The lowest BCUT2D eigenvalue weighted by Gasteiger charge is -2.13. The maximum absolute atomic E-state index is 5.12. The third kappa shape index (κ3) is 6.11. The van der Waals surface area contributed by atoms with Crippen LogP contribution in [-0.2, 0) is 4.74 Å². The first-order valence-electron chi connectivity index (χ1n) is 6.59. The Morgan fingerprint density at radius 2 is 2.00 bits per heavy atom. The molecule has 0 bridgehead atoms. The first kappa shape index (κ1) is 16.0. The summed E-state index contributed by atoms with van der Waals surface area (Å²) >= 11 is 1.55. The number of aromatic nitrogens is 2. The maximum Gasteiger partial charge on any atom is 0.191 e. The molecule has 2 N–H and O–H groups in total. The van der Waals surface area contributed by atoms with E-state index in [0.29, 0.717) is 5.92 Å². The predicted octanol–water partition coefficient (Wildman–Crippen LogP) is 2.71. The highest BCUT2D eigenvalue weighted by Crippen LogP contribution is 2.17. The molecule has 0 aliphatic rings. The third-order valence-electron chi connectivity index (χ3n) is 2.53. The highest BCUT2D eigenvalue weighted by molar-refractivity contribution is 7.98. The molecule has 0 radical (unpaired) electrons. The first-order chi connectivity index (χ1) is 9.19. The third-order valence-corrected chi connectivity index (χ3v) is 3.07. The van der Waals surface area contributed by atoms with Gasteiger partial charge in [0.1, 0.15) is 11.6 Å². The molecule has 0 saturated heterocycles. The Kier molecular flexibility index (Phi) is 7.59. The largest absolute Gasteiger partial charge is 0.384 e. The van der Waals surface area contributed by atoms with Gasteiger partial charge in [-0.15, -0.1) is 0 Å². The zero-order chi connectivity index (χ0) is 14.1. The number of methoxy groups -OCH3 is 1. The van der Waals surface area contributed by atoms with E-state index in [4.69, 9.17) is 4.74 Å². The van der Waals surface area contributed by atoms with Crippen molar-refractivity contribution >= 4 is 23.4 Å². The van der Waals surface area contributed by atoms with Crippen molar-refractivity contribution in [3.8, 4) is 0 Å². The number of nitrogens with one attached hydrogen (secondary N) is 2. The molecule has 1 aromatic rings. The molecule has 0 fully saturated rings. The summed E-state index contributed by atoms with van der Waals surface area (Å²) in [4.78, 5) is 8.88. The van der Waals surface area contributed by atoms with E-state index >= 15 is 0 Å². The average Bonchev–Trinajstić information content (AvgIpc) is 2.43. The van der Waals surface area contributed by atoms with Gasteiger partial charge in [0.2, 0.25) is 0 Å². The summed E-state index contributed by atoms with van der Waals surface area (Å²) < 4.78 is 5.12. The second kappa shape index (κ2) is 8.98. The molecule has 0 aliphatic carbocycles. The molecule has 0 saturated carbocycles. The Morgan fingerprint density at radius 3 is 2.58 bits per heavy atom. The van der Waals surface area contributed by atoms with Gasteiger partial charge in [-0.1, -0.05) is 25.6 Å². The molecular weight excluding hydrogens is 260 g/mol. The van der Waals surface area contributed by atoms with Gasteiger partial charge < -0.3 is 15.4 Å². The first-order valence-corrected chi connectivity index (χ1v) is 7.81. The Bertz CT molecular complexity index is 376. The lowest BCUT2D eigenvalue weighted by Crippen LogP contribution is -2.17. The predicted molar refractivity (Wildman–Crippen MR) is 82.1 cm³/mol. The Balaban J connectivity index is 2.65. The van der Waals surface area contributed by atoms with Crippen molar-refractivity contribution in [2.24, 2.45) is 5.92 Å². The summed E-state index contributed by atoms with van der Waals surface area (Å²) in [5.41, 5.74) is 0. The number of hydrogen-bond acceptors (Lipinski definition) is 6. The van der Waals surface area contributed by atoms with Crippen molar-refractivity contribution in [3.05, 3.63) is 6.07 Å². The number of ether oxygens (including phenoxy) is 1. The molecule has 0 aromatic carbocycles. The molecule has 1 heterocycles. The zero-order valence-electron chi connectivity index (χ0n) is 12.2. The summed E-state index contributed by atoms with van der Waals surface area (Å²) in [5, 5.41) is 7.41.